The Balaban J connectivity index is 2.45. The second kappa shape index (κ2) is 4.16. The molecule has 1 aromatic rings. The molecule has 1 heterocycles. The average molecular weight is 236 g/mol. The van der Waals surface area contributed by atoms with Crippen molar-refractivity contribution in [2.24, 2.45) is 0 Å². The Bertz CT molecular complexity index is 475. The lowest BCUT2D eigenvalue weighted by Gasteiger charge is -2.36. The maximum absolute atomic E-state index is 13.6. The van der Waals surface area contributed by atoms with Gasteiger partial charge in [0.1, 0.15) is 17.9 Å². The van der Waals surface area contributed by atoms with Crippen molar-refractivity contribution in [3.8, 4) is 0 Å². The highest BCUT2D eigenvalue weighted by Crippen LogP contribution is 2.24. The van der Waals surface area contributed by atoms with Crippen LogP contribution in [0.25, 0.3) is 0 Å². The topological polar surface area (TPSA) is 49.4 Å². The largest absolute Gasteiger partial charge is 0.343 e. The molecule has 0 aliphatic carbocycles. The van der Waals surface area contributed by atoms with Crippen LogP contribution in [0.5, 0.6) is 0 Å². The lowest BCUT2D eigenvalue weighted by molar-refractivity contribution is -0.133. The van der Waals surface area contributed by atoms with Gasteiger partial charge in [-0.2, -0.15) is 0 Å². The number of amides is 2. The third kappa shape index (κ3) is 1.88. The van der Waals surface area contributed by atoms with E-state index in [0.29, 0.717) is 0 Å². The summed E-state index contributed by atoms with van der Waals surface area (Å²) < 4.78 is 13.6. The summed E-state index contributed by atoms with van der Waals surface area (Å²) in [5.74, 6) is -1.09. The van der Waals surface area contributed by atoms with Gasteiger partial charge in [0.25, 0.3) is 0 Å². The molecule has 0 radical (unpaired) electrons. The summed E-state index contributed by atoms with van der Waals surface area (Å²) in [7, 11) is 0. The van der Waals surface area contributed by atoms with Gasteiger partial charge in [-0.05, 0) is 26.0 Å². The number of nitrogens with one attached hydrogen (secondary N) is 1. The van der Waals surface area contributed by atoms with Crippen LogP contribution in [0, 0.1) is 5.82 Å². The molecule has 2 unspecified atom stereocenters. The molecule has 4 nitrogen and oxygen atoms in total. The Morgan fingerprint density at radius 2 is 1.88 bits per heavy atom. The number of nitrogens with zero attached hydrogens (tertiary/aromatic N) is 1. The van der Waals surface area contributed by atoms with Gasteiger partial charge in [-0.3, -0.25) is 14.5 Å². The van der Waals surface area contributed by atoms with E-state index in [0.717, 1.165) is 0 Å². The number of piperazine rings is 1. The van der Waals surface area contributed by atoms with E-state index in [1.54, 1.807) is 26.0 Å². The third-order valence-electron chi connectivity index (χ3n) is 2.85. The minimum Gasteiger partial charge on any atom is -0.343 e. The second-order valence-corrected chi connectivity index (χ2v) is 4.07. The molecule has 0 spiro atoms. The van der Waals surface area contributed by atoms with Crippen LogP contribution in [0.3, 0.4) is 0 Å². The number of hydrogen-bond donors (Lipinski definition) is 1. The Kier molecular flexibility index (Phi) is 2.83. The van der Waals surface area contributed by atoms with E-state index in [2.05, 4.69) is 5.32 Å². The normalized spacial score (nSPS) is 24.8. The molecule has 0 saturated carbocycles. The minimum atomic E-state index is -0.699. The van der Waals surface area contributed by atoms with Gasteiger partial charge >= 0.3 is 0 Å². The van der Waals surface area contributed by atoms with Gasteiger partial charge < -0.3 is 5.32 Å². The van der Waals surface area contributed by atoms with E-state index in [4.69, 9.17) is 0 Å². The van der Waals surface area contributed by atoms with Crippen molar-refractivity contribution in [3.63, 3.8) is 0 Å². The standard InChI is InChI=1S/C12H13FN2O2/c1-7-12(17)15(8(2)11(16)14-7)10-6-4-3-5-9(10)13/h3-8H,1-2H3,(H,14,16). The predicted octanol–water partition coefficient (Wildman–Crippen LogP) is 1.07. The number of halogens is 1. The molecule has 1 aromatic carbocycles. The molecule has 2 rings (SSSR count). The van der Waals surface area contributed by atoms with Crippen LogP contribution in [0.15, 0.2) is 24.3 Å². The second-order valence-electron chi connectivity index (χ2n) is 4.07. The first kappa shape index (κ1) is 11.6. The molecule has 0 aromatic heterocycles. The monoisotopic (exact) mass is 236 g/mol. The van der Waals surface area contributed by atoms with Gasteiger partial charge in [0, 0.05) is 0 Å². The molecule has 17 heavy (non-hydrogen) atoms. The summed E-state index contributed by atoms with van der Waals surface area (Å²) >= 11 is 0. The first-order valence-corrected chi connectivity index (χ1v) is 5.40. The third-order valence-corrected chi connectivity index (χ3v) is 2.85. The van der Waals surface area contributed by atoms with Crippen molar-refractivity contribution in [2.75, 3.05) is 4.90 Å². The molecule has 1 aliphatic rings. The highest BCUT2D eigenvalue weighted by Gasteiger charge is 2.37. The Morgan fingerprint density at radius 3 is 2.53 bits per heavy atom. The van der Waals surface area contributed by atoms with Gasteiger partial charge in [-0.25, -0.2) is 4.39 Å². The highest BCUT2D eigenvalue weighted by atomic mass is 19.1. The summed E-state index contributed by atoms with van der Waals surface area (Å²) in [6.07, 6.45) is 0. The molecule has 1 fully saturated rings. The van der Waals surface area contributed by atoms with Gasteiger partial charge in [0.15, 0.2) is 0 Å². The molecule has 5 heteroatoms. The summed E-state index contributed by atoms with van der Waals surface area (Å²) in [5, 5.41) is 2.55. The number of carbonyl (C=O) groups excluding carboxylic acids is 2. The zero-order chi connectivity index (χ0) is 12.6. The molecular weight excluding hydrogens is 223 g/mol. The molecule has 1 saturated heterocycles. The van der Waals surface area contributed by atoms with E-state index in [9.17, 15) is 14.0 Å². The van der Waals surface area contributed by atoms with Crippen molar-refractivity contribution >= 4 is 17.5 Å². The quantitative estimate of drug-likeness (QED) is 0.792. The van der Waals surface area contributed by atoms with E-state index >= 15 is 0 Å². The predicted molar refractivity (Wildman–Crippen MR) is 61.0 cm³/mol. The summed E-state index contributed by atoms with van der Waals surface area (Å²) in [4.78, 5) is 24.8. The SMILES string of the molecule is CC1NC(=O)C(C)N(c2ccccc2F)C1=O. The van der Waals surface area contributed by atoms with Crippen LogP contribution < -0.4 is 10.2 Å². The summed E-state index contributed by atoms with van der Waals surface area (Å²) in [5.41, 5.74) is 0.145. The van der Waals surface area contributed by atoms with Gasteiger partial charge in [0.05, 0.1) is 5.69 Å². The molecule has 2 atom stereocenters. The first-order chi connectivity index (χ1) is 8.02. The van der Waals surface area contributed by atoms with Gasteiger partial charge in [0.2, 0.25) is 11.8 Å². The van der Waals surface area contributed by atoms with Crippen LogP contribution in [-0.4, -0.2) is 23.9 Å². The molecule has 1 N–H and O–H groups in total. The maximum atomic E-state index is 13.6. The fourth-order valence-corrected chi connectivity index (χ4v) is 1.89. The summed E-state index contributed by atoms with van der Waals surface area (Å²) in [6, 6.07) is 4.62. The van der Waals surface area contributed by atoms with Crippen molar-refractivity contribution in [2.45, 2.75) is 25.9 Å². The van der Waals surface area contributed by atoms with E-state index in [1.165, 1.54) is 17.0 Å². The number of hydrogen-bond acceptors (Lipinski definition) is 2. The van der Waals surface area contributed by atoms with Crippen LogP contribution in [0.4, 0.5) is 10.1 Å². The number of para-hydroxylation sites is 1. The summed E-state index contributed by atoms with van der Waals surface area (Å²) in [6.45, 7) is 3.16. The Morgan fingerprint density at radius 1 is 1.24 bits per heavy atom. The number of carbonyl (C=O) groups is 2. The van der Waals surface area contributed by atoms with Crippen molar-refractivity contribution in [1.82, 2.24) is 5.32 Å². The van der Waals surface area contributed by atoms with Crippen LogP contribution in [0.2, 0.25) is 0 Å². The smallest absolute Gasteiger partial charge is 0.250 e. The van der Waals surface area contributed by atoms with Crippen molar-refractivity contribution < 1.29 is 14.0 Å². The van der Waals surface area contributed by atoms with E-state index in [1.807, 2.05) is 0 Å². The van der Waals surface area contributed by atoms with E-state index in [-0.39, 0.29) is 17.5 Å². The average Bonchev–Trinajstić information content (AvgIpc) is 2.29. The highest BCUT2D eigenvalue weighted by molar-refractivity contribution is 6.08. The molecular formula is C12H13FN2O2. The molecule has 1 aliphatic heterocycles. The van der Waals surface area contributed by atoms with Crippen LogP contribution >= 0.6 is 0 Å². The van der Waals surface area contributed by atoms with Crippen LogP contribution in [0.1, 0.15) is 13.8 Å². The minimum absolute atomic E-state index is 0.145. The fraction of sp³-hybridized carbons (Fsp3) is 0.333. The Hall–Kier alpha value is -1.91. The fourth-order valence-electron chi connectivity index (χ4n) is 1.89. The lowest BCUT2D eigenvalue weighted by atomic mass is 10.1. The van der Waals surface area contributed by atoms with E-state index < -0.39 is 17.9 Å². The zero-order valence-corrected chi connectivity index (χ0v) is 9.61. The zero-order valence-electron chi connectivity index (χ0n) is 9.61. The first-order valence-electron chi connectivity index (χ1n) is 5.40. The molecule has 90 valence electrons. The number of benzene rings is 1. The molecule has 0 bridgehead atoms. The van der Waals surface area contributed by atoms with Crippen molar-refractivity contribution in [3.05, 3.63) is 30.1 Å². The Labute approximate surface area is 98.4 Å². The van der Waals surface area contributed by atoms with Gasteiger partial charge in [-0.1, -0.05) is 12.1 Å². The van der Waals surface area contributed by atoms with Crippen molar-refractivity contribution in [1.29, 1.82) is 0 Å². The maximum Gasteiger partial charge on any atom is 0.250 e. The lowest BCUT2D eigenvalue weighted by Crippen LogP contribution is -2.61. The molecule has 2 amide bonds. The number of rotatable bonds is 1. The number of anilines is 1. The van der Waals surface area contributed by atoms with Crippen LogP contribution in [-0.2, 0) is 9.59 Å². The van der Waals surface area contributed by atoms with Gasteiger partial charge in [-0.15, -0.1) is 0 Å².